The van der Waals surface area contributed by atoms with Gasteiger partial charge >= 0.3 is 23.9 Å². The molecule has 2 rings (SSSR count). The van der Waals surface area contributed by atoms with Crippen LogP contribution >= 0.6 is 0 Å². The molecule has 0 saturated carbocycles. The minimum atomic E-state index is -0.856. The Balaban J connectivity index is 2.33. The number of carbonyl (C=O) groups is 4. The summed E-state index contributed by atoms with van der Waals surface area (Å²) in [4.78, 5) is 53.0. The monoisotopic (exact) mass is 864 g/mol. The first-order valence-corrected chi connectivity index (χ1v) is 21.4. The van der Waals surface area contributed by atoms with E-state index in [9.17, 15) is 39.6 Å². The zero-order valence-corrected chi connectivity index (χ0v) is 35.6. The third kappa shape index (κ3) is 21.1. The van der Waals surface area contributed by atoms with Crippen LogP contribution in [0, 0.1) is 0 Å². The largest absolute Gasteiger partial charge is 0.462 e. The van der Waals surface area contributed by atoms with Gasteiger partial charge in [0.15, 0.2) is 0 Å². The van der Waals surface area contributed by atoms with Crippen molar-refractivity contribution in [1.82, 2.24) is 0 Å². The molecule has 2 aromatic rings. The second-order valence-electron chi connectivity index (χ2n) is 15.6. The molecule has 0 aromatic heterocycles. The van der Waals surface area contributed by atoms with Crippen molar-refractivity contribution in [2.75, 3.05) is 52.9 Å². The fourth-order valence-electron chi connectivity index (χ4n) is 6.43. The molecule has 2 aromatic carbocycles. The summed E-state index contributed by atoms with van der Waals surface area (Å²) in [5, 5.41) is 74.6. The van der Waals surface area contributed by atoms with Gasteiger partial charge in [0.25, 0.3) is 0 Å². The standard InChI is InChI=1S/C45H68O16/c1-30(32-20-34(42(54)58-15-7-3-11-38(50)26-46)24-35(21-32)43(55)59-16-8-4-12-39(51)27-47)19-31(2)33-22-36(44(56)60-17-9-5-13-40(52)28-48)25-37(23-33)45(57)61-18-10-6-14-41(53)29-49/h20-25,30-31,38-41,46-53H,3-19,26-29H2,1-2H3. The normalized spacial score (nSPS) is 14.3. The zero-order chi connectivity index (χ0) is 45.2. The van der Waals surface area contributed by atoms with E-state index in [-0.39, 0.29) is 86.9 Å². The van der Waals surface area contributed by atoms with Crippen LogP contribution in [0.1, 0.15) is 162 Å². The van der Waals surface area contributed by atoms with Crippen molar-refractivity contribution >= 4 is 23.9 Å². The van der Waals surface area contributed by atoms with Crippen LogP contribution in [0.15, 0.2) is 36.4 Å². The molecule has 0 aliphatic carbocycles. The molecular weight excluding hydrogens is 796 g/mol. The van der Waals surface area contributed by atoms with E-state index >= 15 is 0 Å². The SMILES string of the molecule is CC(CC(C)c1cc(C(=O)OCCCCC(O)CO)cc(C(=O)OCCCCC(O)CO)c1)c1cc(C(=O)OCCCCC(O)CO)cc(C(=O)OCCCCC(O)CO)c1. The molecule has 0 radical (unpaired) electrons. The molecule has 6 unspecified atom stereocenters. The van der Waals surface area contributed by atoms with Crippen molar-refractivity contribution in [2.45, 2.75) is 134 Å². The fourth-order valence-corrected chi connectivity index (χ4v) is 6.43. The molecule has 16 heteroatoms. The molecule has 0 heterocycles. The maximum atomic E-state index is 13.3. The number of aliphatic hydroxyl groups is 8. The van der Waals surface area contributed by atoms with Gasteiger partial charge in [0, 0.05) is 0 Å². The van der Waals surface area contributed by atoms with E-state index in [1.54, 1.807) is 24.3 Å². The summed E-state index contributed by atoms with van der Waals surface area (Å²) in [5.74, 6) is -3.24. The van der Waals surface area contributed by atoms with Crippen LogP contribution in [-0.2, 0) is 18.9 Å². The van der Waals surface area contributed by atoms with Crippen molar-refractivity contribution in [1.29, 1.82) is 0 Å². The van der Waals surface area contributed by atoms with Crippen molar-refractivity contribution in [2.24, 2.45) is 0 Å². The lowest BCUT2D eigenvalue weighted by atomic mass is 9.85. The number of esters is 4. The molecule has 0 bridgehead atoms. The quantitative estimate of drug-likeness (QED) is 0.0296. The molecule has 0 fully saturated rings. The molecule has 6 atom stereocenters. The van der Waals surface area contributed by atoms with Gasteiger partial charge in [0.1, 0.15) is 0 Å². The van der Waals surface area contributed by atoms with Gasteiger partial charge in [-0.05, 0) is 143 Å². The van der Waals surface area contributed by atoms with Gasteiger partial charge in [0.2, 0.25) is 0 Å². The van der Waals surface area contributed by atoms with Crippen LogP contribution in [0.4, 0.5) is 0 Å². The van der Waals surface area contributed by atoms with Crippen molar-refractivity contribution < 1.29 is 79.0 Å². The van der Waals surface area contributed by atoms with E-state index in [0.29, 0.717) is 94.6 Å². The summed E-state index contributed by atoms with van der Waals surface area (Å²) >= 11 is 0. The first-order valence-electron chi connectivity index (χ1n) is 21.4. The molecule has 344 valence electrons. The highest BCUT2D eigenvalue weighted by Crippen LogP contribution is 2.32. The molecule has 0 spiro atoms. The molecule has 61 heavy (non-hydrogen) atoms. The van der Waals surface area contributed by atoms with Gasteiger partial charge in [0.05, 0.1) is 99.5 Å². The Morgan fingerprint density at radius 2 is 0.639 bits per heavy atom. The predicted octanol–water partition coefficient (Wildman–Crippen LogP) is 3.71. The fraction of sp³-hybridized carbons (Fsp3) is 0.644. The van der Waals surface area contributed by atoms with Crippen LogP contribution in [0.3, 0.4) is 0 Å². The van der Waals surface area contributed by atoms with Gasteiger partial charge in [-0.1, -0.05) is 13.8 Å². The van der Waals surface area contributed by atoms with Crippen LogP contribution in [0.5, 0.6) is 0 Å². The highest BCUT2D eigenvalue weighted by Gasteiger charge is 2.23. The topological polar surface area (TPSA) is 267 Å². The molecule has 8 N–H and O–H groups in total. The number of hydrogen-bond acceptors (Lipinski definition) is 16. The summed E-state index contributed by atoms with van der Waals surface area (Å²) in [6.45, 7) is 2.57. The Morgan fingerprint density at radius 1 is 0.410 bits per heavy atom. The van der Waals surface area contributed by atoms with E-state index < -0.39 is 48.3 Å². The Hall–Kier alpha value is -4.00. The molecule has 0 saturated heterocycles. The van der Waals surface area contributed by atoms with Gasteiger partial charge in [-0.2, -0.15) is 0 Å². The number of hydrogen-bond donors (Lipinski definition) is 8. The third-order valence-corrected chi connectivity index (χ3v) is 10.2. The number of unbranched alkanes of at least 4 members (excludes halogenated alkanes) is 4. The predicted molar refractivity (Wildman–Crippen MR) is 223 cm³/mol. The Kier molecular flexibility index (Phi) is 26.2. The Bertz CT molecular complexity index is 1380. The van der Waals surface area contributed by atoms with Crippen LogP contribution in [0.2, 0.25) is 0 Å². The summed E-state index contributed by atoms with van der Waals surface area (Å²) < 4.78 is 21.9. The van der Waals surface area contributed by atoms with Crippen molar-refractivity contribution in [3.8, 4) is 0 Å². The maximum Gasteiger partial charge on any atom is 0.338 e. The van der Waals surface area contributed by atoms with Gasteiger partial charge < -0.3 is 59.8 Å². The van der Waals surface area contributed by atoms with E-state index in [2.05, 4.69) is 0 Å². The van der Waals surface area contributed by atoms with Crippen molar-refractivity contribution in [3.05, 3.63) is 69.8 Å². The smallest absolute Gasteiger partial charge is 0.338 e. The van der Waals surface area contributed by atoms with E-state index in [1.165, 1.54) is 12.1 Å². The first-order chi connectivity index (χ1) is 29.2. The number of rotatable bonds is 32. The summed E-state index contributed by atoms with van der Waals surface area (Å²) in [7, 11) is 0. The average Bonchev–Trinajstić information content (AvgIpc) is 3.27. The molecule has 0 amide bonds. The van der Waals surface area contributed by atoms with Crippen LogP contribution < -0.4 is 0 Å². The molecule has 16 nitrogen and oxygen atoms in total. The summed E-state index contributed by atoms with van der Waals surface area (Å²) in [5.41, 5.74) is 1.74. The minimum Gasteiger partial charge on any atom is -0.462 e. The van der Waals surface area contributed by atoms with Gasteiger partial charge in [-0.25, -0.2) is 19.2 Å². The highest BCUT2D eigenvalue weighted by atomic mass is 16.5. The van der Waals surface area contributed by atoms with Crippen LogP contribution in [-0.4, -0.2) is 142 Å². The average molecular weight is 865 g/mol. The lowest BCUT2D eigenvalue weighted by molar-refractivity contribution is 0.0464. The highest BCUT2D eigenvalue weighted by molar-refractivity contribution is 5.96. The number of carbonyl (C=O) groups excluding carboxylic acids is 4. The van der Waals surface area contributed by atoms with E-state index in [1.807, 2.05) is 13.8 Å². The zero-order valence-electron chi connectivity index (χ0n) is 35.6. The van der Waals surface area contributed by atoms with Gasteiger partial charge in [-0.3, -0.25) is 0 Å². The lowest BCUT2D eigenvalue weighted by Crippen LogP contribution is -2.15. The molecule has 0 aliphatic rings. The number of ether oxygens (including phenoxy) is 4. The lowest BCUT2D eigenvalue weighted by Gasteiger charge is -2.21. The second kappa shape index (κ2) is 30.1. The maximum absolute atomic E-state index is 13.3. The summed E-state index contributed by atoms with van der Waals surface area (Å²) in [6, 6.07) is 9.34. The number of aliphatic hydroxyl groups excluding tert-OH is 8. The summed E-state index contributed by atoms with van der Waals surface area (Å²) in [6.07, 6.45) is 2.23. The Labute approximate surface area is 358 Å². The second-order valence-corrected chi connectivity index (χ2v) is 15.6. The van der Waals surface area contributed by atoms with Gasteiger partial charge in [-0.15, -0.1) is 0 Å². The van der Waals surface area contributed by atoms with E-state index in [4.69, 9.17) is 39.4 Å². The van der Waals surface area contributed by atoms with Crippen LogP contribution in [0.25, 0.3) is 0 Å². The van der Waals surface area contributed by atoms with E-state index in [0.717, 1.165) is 0 Å². The molecule has 0 aliphatic heterocycles. The number of benzene rings is 2. The first kappa shape index (κ1) is 53.1. The minimum absolute atomic E-state index is 0.0521. The van der Waals surface area contributed by atoms with Crippen molar-refractivity contribution in [3.63, 3.8) is 0 Å². The Morgan fingerprint density at radius 3 is 0.852 bits per heavy atom. The molecular formula is C45H68O16. The third-order valence-electron chi connectivity index (χ3n) is 10.2.